The second-order valence-corrected chi connectivity index (χ2v) is 12.8. The van der Waals surface area contributed by atoms with Gasteiger partial charge >= 0.3 is 0 Å². The van der Waals surface area contributed by atoms with Gasteiger partial charge in [0.25, 0.3) is 0 Å². The van der Waals surface area contributed by atoms with Crippen molar-refractivity contribution >= 4 is 22.5 Å². The molecule has 2 aliphatic heterocycles. The van der Waals surface area contributed by atoms with Gasteiger partial charge in [0.2, 0.25) is 0 Å². The van der Waals surface area contributed by atoms with Crippen molar-refractivity contribution in [2.45, 2.75) is 25.3 Å². The predicted molar refractivity (Wildman–Crippen MR) is 189 cm³/mol. The van der Waals surface area contributed by atoms with Gasteiger partial charge in [-0.1, -0.05) is 60.7 Å². The molecule has 9 rings (SSSR count). The number of aromatic amines is 1. The summed E-state index contributed by atoms with van der Waals surface area (Å²) in [5.41, 5.74) is 7.86. The Balaban J connectivity index is 0.960. The van der Waals surface area contributed by atoms with Crippen molar-refractivity contribution in [1.82, 2.24) is 44.6 Å². The number of fused-ring (bicyclic) bond motifs is 3. The molecule has 11 heteroatoms. The number of aromatic nitrogens is 8. The highest BCUT2D eigenvalue weighted by Crippen LogP contribution is 2.34. The second-order valence-electron chi connectivity index (χ2n) is 12.8. The number of rotatable bonds is 7. The molecule has 5 aromatic heterocycles. The van der Waals surface area contributed by atoms with Crippen LogP contribution in [0, 0.1) is 0 Å². The van der Waals surface area contributed by atoms with Crippen LogP contribution in [-0.4, -0.2) is 84.0 Å². The molecule has 1 N–H and O–H groups in total. The summed E-state index contributed by atoms with van der Waals surface area (Å²) in [4.78, 5) is 24.0. The van der Waals surface area contributed by atoms with E-state index in [2.05, 4.69) is 79.6 Å². The fourth-order valence-electron chi connectivity index (χ4n) is 6.99. The Morgan fingerprint density at radius 3 is 2.41 bits per heavy atom. The Bertz CT molecular complexity index is 2200. The lowest BCUT2D eigenvalue weighted by molar-refractivity contribution is 0.122. The highest BCUT2D eigenvalue weighted by Gasteiger charge is 2.24. The average Bonchev–Trinajstić information content (AvgIpc) is 3.85. The largest absolute Gasteiger partial charge is 0.378 e. The maximum atomic E-state index is 5.56. The van der Waals surface area contributed by atoms with Crippen molar-refractivity contribution in [1.29, 1.82) is 0 Å². The maximum absolute atomic E-state index is 5.56. The number of anilines is 1. The normalized spacial score (nSPS) is 16.1. The lowest BCUT2D eigenvalue weighted by Gasteiger charge is -2.31. The van der Waals surface area contributed by atoms with Gasteiger partial charge in [-0.05, 0) is 55.3 Å². The summed E-state index contributed by atoms with van der Waals surface area (Å²) in [6.07, 6.45) is 5.77. The molecule has 0 bridgehead atoms. The number of piperidine rings is 1. The number of nitrogens with zero attached hydrogens (tertiary/aromatic N) is 9. The number of pyridine rings is 2. The van der Waals surface area contributed by atoms with Gasteiger partial charge in [0.15, 0.2) is 22.9 Å². The van der Waals surface area contributed by atoms with E-state index in [4.69, 9.17) is 24.8 Å². The van der Waals surface area contributed by atoms with Gasteiger partial charge < -0.3 is 9.64 Å². The van der Waals surface area contributed by atoms with E-state index >= 15 is 0 Å². The zero-order valence-electron chi connectivity index (χ0n) is 27.1. The lowest BCUT2D eigenvalue weighted by atomic mass is 9.95. The molecule has 7 aromatic rings. The van der Waals surface area contributed by atoms with Crippen LogP contribution in [0.15, 0.2) is 97.3 Å². The van der Waals surface area contributed by atoms with Crippen molar-refractivity contribution in [3.63, 3.8) is 0 Å². The predicted octanol–water partition coefficient (Wildman–Crippen LogP) is 6.01. The molecule has 11 nitrogen and oxygen atoms in total. The van der Waals surface area contributed by atoms with E-state index in [0.717, 1.165) is 102 Å². The van der Waals surface area contributed by atoms with E-state index in [1.165, 1.54) is 5.56 Å². The number of benzene rings is 2. The first-order chi connectivity index (χ1) is 24.2. The van der Waals surface area contributed by atoms with Crippen molar-refractivity contribution in [3.8, 4) is 33.9 Å². The third-order valence-electron chi connectivity index (χ3n) is 9.67. The number of likely N-dealkylation sites (tertiary alicyclic amines) is 1. The van der Waals surface area contributed by atoms with Crippen LogP contribution in [-0.2, 0) is 11.3 Å². The average molecular weight is 649 g/mol. The summed E-state index contributed by atoms with van der Waals surface area (Å²) in [5.74, 6) is 2.91. The van der Waals surface area contributed by atoms with E-state index in [1.54, 1.807) is 6.20 Å². The minimum absolute atomic E-state index is 0.375. The molecule has 2 aromatic carbocycles. The number of nitrogens with one attached hydrogen (secondary N) is 1. The molecule has 2 saturated heterocycles. The molecule has 0 spiro atoms. The van der Waals surface area contributed by atoms with E-state index in [1.807, 2.05) is 41.0 Å². The zero-order chi connectivity index (χ0) is 32.6. The maximum Gasteiger partial charge on any atom is 0.199 e. The Labute approximate surface area is 283 Å². The van der Waals surface area contributed by atoms with Crippen molar-refractivity contribution in [3.05, 3.63) is 109 Å². The Morgan fingerprint density at radius 2 is 1.61 bits per heavy atom. The lowest BCUT2D eigenvalue weighted by Crippen LogP contribution is -2.36. The minimum Gasteiger partial charge on any atom is -0.378 e. The molecule has 0 atom stereocenters. The molecular formula is C38H36N10O. The molecule has 49 heavy (non-hydrogen) atoms. The summed E-state index contributed by atoms with van der Waals surface area (Å²) in [6.45, 7) is 5.97. The van der Waals surface area contributed by atoms with E-state index in [0.29, 0.717) is 25.0 Å². The molecule has 2 aliphatic rings. The van der Waals surface area contributed by atoms with E-state index in [9.17, 15) is 0 Å². The van der Waals surface area contributed by atoms with E-state index in [-0.39, 0.29) is 0 Å². The first-order valence-electron chi connectivity index (χ1n) is 17.0. The highest BCUT2D eigenvalue weighted by atomic mass is 16.5. The van der Waals surface area contributed by atoms with Crippen LogP contribution in [0.5, 0.6) is 0 Å². The van der Waals surface area contributed by atoms with Gasteiger partial charge in [-0.3, -0.25) is 15.0 Å². The first-order valence-corrected chi connectivity index (χ1v) is 17.0. The topological polar surface area (TPSA) is 113 Å². The molecule has 0 amide bonds. The standard InChI is InChI=1S/C38H36N10O/c1-2-6-27(7-3-1)31-22-30-24-40-33-23-34(47-18-20-49-21-19-47)45-48(33)38(30)41-35(31)28-11-9-26(10-12-28)25-46-16-13-29(14-17-46)36-42-37(44-43-36)32-8-4-5-15-39-32/h1-12,15,22-24,29H,13-14,16-21,25H2,(H,42,43,44). The number of ether oxygens (including phenoxy) is 1. The summed E-state index contributed by atoms with van der Waals surface area (Å²) < 4.78 is 7.44. The van der Waals surface area contributed by atoms with Crippen LogP contribution < -0.4 is 4.90 Å². The van der Waals surface area contributed by atoms with Gasteiger partial charge in [-0.2, -0.15) is 9.61 Å². The van der Waals surface area contributed by atoms with Crippen LogP contribution >= 0.6 is 0 Å². The van der Waals surface area contributed by atoms with Gasteiger partial charge in [-0.15, -0.1) is 5.10 Å². The van der Waals surface area contributed by atoms with Crippen molar-refractivity contribution < 1.29 is 4.74 Å². The summed E-state index contributed by atoms with van der Waals surface area (Å²) >= 11 is 0. The van der Waals surface area contributed by atoms with Gasteiger partial charge in [0.05, 0.1) is 18.9 Å². The van der Waals surface area contributed by atoms with Crippen molar-refractivity contribution in [2.75, 3.05) is 44.3 Å². The smallest absolute Gasteiger partial charge is 0.199 e. The molecule has 2 fully saturated rings. The van der Waals surface area contributed by atoms with Crippen molar-refractivity contribution in [2.24, 2.45) is 0 Å². The SMILES string of the molecule is c1ccc(-c2cc3cnc4cc(N5CCOCC5)nn4c3nc2-c2ccc(CN3CCC(c4nc(-c5ccccn5)n[nH]4)CC3)cc2)cc1. The number of hydrogen-bond donors (Lipinski definition) is 1. The fourth-order valence-corrected chi connectivity index (χ4v) is 6.99. The molecule has 0 unspecified atom stereocenters. The molecular weight excluding hydrogens is 612 g/mol. The van der Waals surface area contributed by atoms with Gasteiger partial charge in [0, 0.05) is 60.5 Å². The summed E-state index contributed by atoms with van der Waals surface area (Å²) in [5, 5.41) is 13.5. The Morgan fingerprint density at radius 1 is 0.796 bits per heavy atom. The number of morpholine rings is 1. The summed E-state index contributed by atoms with van der Waals surface area (Å²) in [7, 11) is 0. The van der Waals surface area contributed by atoms with Gasteiger partial charge in [-0.25, -0.2) is 15.0 Å². The van der Waals surface area contributed by atoms with Crippen LogP contribution in [0.3, 0.4) is 0 Å². The quantitative estimate of drug-likeness (QED) is 0.222. The van der Waals surface area contributed by atoms with Crippen LogP contribution in [0.2, 0.25) is 0 Å². The number of hydrogen-bond acceptors (Lipinski definition) is 9. The van der Waals surface area contributed by atoms with E-state index < -0.39 is 0 Å². The summed E-state index contributed by atoms with van der Waals surface area (Å²) in [6, 6.07) is 29.4. The van der Waals surface area contributed by atoms with Crippen LogP contribution in [0.1, 0.15) is 30.1 Å². The number of H-pyrrole nitrogens is 1. The fraction of sp³-hybridized carbons (Fsp3) is 0.263. The Kier molecular flexibility index (Phi) is 7.75. The van der Waals surface area contributed by atoms with Crippen LogP contribution in [0.25, 0.3) is 50.6 Å². The molecule has 7 heterocycles. The van der Waals surface area contributed by atoms with Gasteiger partial charge in [0.1, 0.15) is 11.5 Å². The monoisotopic (exact) mass is 648 g/mol. The third-order valence-corrected chi connectivity index (χ3v) is 9.67. The highest BCUT2D eigenvalue weighted by molar-refractivity contribution is 5.90. The molecule has 244 valence electrons. The molecule has 0 aliphatic carbocycles. The first kappa shape index (κ1) is 29.6. The third kappa shape index (κ3) is 5.92. The zero-order valence-corrected chi connectivity index (χ0v) is 27.1. The minimum atomic E-state index is 0.375. The van der Waals surface area contributed by atoms with Crippen LogP contribution in [0.4, 0.5) is 5.82 Å². The molecule has 0 radical (unpaired) electrons. The Hall–Kier alpha value is -5.52. The second kappa shape index (κ2) is 12.8. The molecule has 0 saturated carbocycles.